The molecule has 1 aliphatic heterocycles. The lowest BCUT2D eigenvalue weighted by atomic mass is 10.2. The number of imide groups is 1. The van der Waals surface area contributed by atoms with Crippen LogP contribution in [0.5, 0.6) is 0 Å². The van der Waals surface area contributed by atoms with Crippen molar-refractivity contribution >= 4 is 41.4 Å². The van der Waals surface area contributed by atoms with Gasteiger partial charge in [-0.25, -0.2) is 4.79 Å². The molecule has 0 atom stereocenters. The Bertz CT molecular complexity index is 709. The topological polar surface area (TPSA) is 122 Å². The van der Waals surface area contributed by atoms with E-state index in [1.54, 1.807) is 0 Å². The van der Waals surface area contributed by atoms with Crippen LogP contribution in [-0.4, -0.2) is 53.5 Å². The zero-order chi connectivity index (χ0) is 19.6. The molecular formula is C17H19N3O6S. The number of thioether (sulfide) groups is 1. The minimum atomic E-state index is -0.948. The smallest absolute Gasteiger partial charge is 0.346 e. The second-order valence-electron chi connectivity index (χ2n) is 5.58. The largest absolute Gasteiger partial charge is 0.352 e. The molecule has 0 spiro atoms. The van der Waals surface area contributed by atoms with Crippen LogP contribution in [0.4, 0.5) is 0 Å². The van der Waals surface area contributed by atoms with E-state index in [1.807, 2.05) is 30.3 Å². The van der Waals surface area contributed by atoms with Gasteiger partial charge in [-0.1, -0.05) is 30.3 Å². The average Bonchev–Trinajstić information content (AvgIpc) is 2.97. The highest BCUT2D eigenvalue weighted by Gasteiger charge is 2.32. The van der Waals surface area contributed by atoms with Gasteiger partial charge in [-0.2, -0.15) is 0 Å². The average molecular weight is 393 g/mol. The quantitative estimate of drug-likeness (QED) is 0.555. The third-order valence-corrected chi connectivity index (χ3v) is 4.42. The van der Waals surface area contributed by atoms with Crippen LogP contribution < -0.4 is 10.6 Å². The summed E-state index contributed by atoms with van der Waals surface area (Å²) in [6.45, 7) is -0.811. The van der Waals surface area contributed by atoms with Crippen LogP contribution in [0.2, 0.25) is 0 Å². The number of nitrogens with zero attached hydrogens (tertiary/aromatic N) is 1. The third-order valence-electron chi connectivity index (χ3n) is 3.42. The Morgan fingerprint density at radius 2 is 1.59 bits per heavy atom. The van der Waals surface area contributed by atoms with Crippen LogP contribution in [0.15, 0.2) is 30.3 Å². The molecule has 27 heavy (non-hydrogen) atoms. The van der Waals surface area contributed by atoms with Gasteiger partial charge in [0.2, 0.25) is 11.8 Å². The van der Waals surface area contributed by atoms with E-state index < -0.39 is 30.2 Å². The van der Waals surface area contributed by atoms with Crippen molar-refractivity contribution in [3.63, 3.8) is 0 Å². The van der Waals surface area contributed by atoms with Gasteiger partial charge < -0.3 is 15.5 Å². The molecule has 1 fully saturated rings. The highest BCUT2D eigenvalue weighted by atomic mass is 32.2. The SMILES string of the molecule is O=C(CNC(=O)CSCc1ccccc1)NCC(=O)ON1C(=O)CCC1=O. The molecule has 4 amide bonds. The number of hydrogen-bond acceptors (Lipinski definition) is 7. The normalized spacial score (nSPS) is 13.4. The Balaban J connectivity index is 1.57. The van der Waals surface area contributed by atoms with Gasteiger partial charge in [0.1, 0.15) is 6.54 Å². The highest BCUT2D eigenvalue weighted by Crippen LogP contribution is 2.12. The Hall–Kier alpha value is -2.88. The molecule has 1 saturated heterocycles. The fourth-order valence-electron chi connectivity index (χ4n) is 2.09. The predicted octanol–water partition coefficient (Wildman–Crippen LogP) is -0.241. The van der Waals surface area contributed by atoms with Crippen molar-refractivity contribution in [2.24, 2.45) is 0 Å². The number of hydrogen-bond donors (Lipinski definition) is 2. The molecule has 2 N–H and O–H groups in total. The Kier molecular flexibility index (Phi) is 7.80. The second-order valence-corrected chi connectivity index (χ2v) is 6.56. The van der Waals surface area contributed by atoms with Crippen LogP contribution in [0.3, 0.4) is 0 Å². The fourth-order valence-corrected chi connectivity index (χ4v) is 2.91. The van der Waals surface area contributed by atoms with E-state index in [-0.39, 0.29) is 31.0 Å². The summed E-state index contributed by atoms with van der Waals surface area (Å²) in [5.74, 6) is -2.16. The molecule has 144 valence electrons. The number of nitrogens with one attached hydrogen (secondary N) is 2. The van der Waals surface area contributed by atoms with Crippen molar-refractivity contribution < 1.29 is 28.8 Å². The lowest BCUT2D eigenvalue weighted by Gasteiger charge is -2.12. The van der Waals surface area contributed by atoms with Gasteiger partial charge in [-0.15, -0.1) is 16.8 Å². The Morgan fingerprint density at radius 1 is 0.963 bits per heavy atom. The number of carbonyl (C=O) groups is 5. The zero-order valence-corrected chi connectivity index (χ0v) is 15.3. The molecule has 0 aliphatic carbocycles. The molecule has 1 aromatic carbocycles. The summed E-state index contributed by atoms with van der Waals surface area (Å²) in [4.78, 5) is 62.1. The number of amides is 4. The monoisotopic (exact) mass is 393 g/mol. The van der Waals surface area contributed by atoms with E-state index in [4.69, 9.17) is 0 Å². The van der Waals surface area contributed by atoms with Crippen LogP contribution in [0.1, 0.15) is 18.4 Å². The van der Waals surface area contributed by atoms with Gasteiger partial charge in [0, 0.05) is 18.6 Å². The molecule has 2 rings (SSSR count). The van der Waals surface area contributed by atoms with Crippen molar-refractivity contribution in [2.45, 2.75) is 18.6 Å². The van der Waals surface area contributed by atoms with Crippen molar-refractivity contribution in [3.8, 4) is 0 Å². The van der Waals surface area contributed by atoms with Gasteiger partial charge in [-0.05, 0) is 5.56 Å². The predicted molar refractivity (Wildman–Crippen MR) is 95.8 cm³/mol. The minimum Gasteiger partial charge on any atom is -0.346 e. The first-order chi connectivity index (χ1) is 13.0. The van der Waals surface area contributed by atoms with Crippen molar-refractivity contribution in [2.75, 3.05) is 18.8 Å². The number of rotatable bonds is 9. The van der Waals surface area contributed by atoms with E-state index in [1.165, 1.54) is 11.8 Å². The van der Waals surface area contributed by atoms with Crippen LogP contribution >= 0.6 is 11.8 Å². The maximum Gasteiger partial charge on any atom is 0.352 e. The van der Waals surface area contributed by atoms with Gasteiger partial charge in [0.05, 0.1) is 12.3 Å². The molecule has 0 saturated carbocycles. The summed E-state index contributed by atoms with van der Waals surface area (Å²) >= 11 is 1.42. The molecule has 1 aromatic rings. The summed E-state index contributed by atoms with van der Waals surface area (Å²) in [6.07, 6.45) is -0.0143. The highest BCUT2D eigenvalue weighted by molar-refractivity contribution is 7.99. The third kappa shape index (κ3) is 7.10. The molecule has 0 bridgehead atoms. The number of carbonyl (C=O) groups excluding carboxylic acids is 5. The van der Waals surface area contributed by atoms with E-state index in [2.05, 4.69) is 15.5 Å². The molecule has 0 radical (unpaired) electrons. The summed E-state index contributed by atoms with van der Waals surface area (Å²) in [5, 5.41) is 5.08. The standard InChI is InChI=1S/C17H19N3O6S/c21-13(19-9-17(25)26-20-15(23)6-7-16(20)24)8-18-14(22)11-27-10-12-4-2-1-3-5-12/h1-5H,6-11H2,(H,18,22)(H,19,21). The molecular weight excluding hydrogens is 374 g/mol. The Labute approximate surface area is 159 Å². The summed E-state index contributed by atoms with van der Waals surface area (Å²) in [6, 6.07) is 9.67. The Morgan fingerprint density at radius 3 is 2.26 bits per heavy atom. The number of benzene rings is 1. The van der Waals surface area contributed by atoms with Gasteiger partial charge in [-0.3, -0.25) is 19.2 Å². The first-order valence-electron chi connectivity index (χ1n) is 8.17. The molecule has 0 unspecified atom stereocenters. The minimum absolute atomic E-state index is 0.00715. The second kappa shape index (κ2) is 10.3. The van der Waals surface area contributed by atoms with Gasteiger partial charge in [0.15, 0.2) is 0 Å². The van der Waals surface area contributed by atoms with Gasteiger partial charge >= 0.3 is 5.97 Å². The van der Waals surface area contributed by atoms with Crippen LogP contribution in [0, 0.1) is 0 Å². The maximum atomic E-state index is 11.7. The molecule has 1 heterocycles. The lowest BCUT2D eigenvalue weighted by Crippen LogP contribution is -2.41. The van der Waals surface area contributed by atoms with E-state index in [0.717, 1.165) is 5.56 Å². The summed E-state index contributed by atoms with van der Waals surface area (Å²) < 4.78 is 0. The van der Waals surface area contributed by atoms with E-state index in [0.29, 0.717) is 10.8 Å². The molecule has 1 aliphatic rings. The fraction of sp³-hybridized carbons (Fsp3) is 0.353. The molecule has 0 aromatic heterocycles. The molecule has 10 heteroatoms. The van der Waals surface area contributed by atoms with Gasteiger partial charge in [0.25, 0.3) is 11.8 Å². The van der Waals surface area contributed by atoms with Crippen LogP contribution in [-0.2, 0) is 34.6 Å². The molecule has 9 nitrogen and oxygen atoms in total. The maximum absolute atomic E-state index is 11.7. The van der Waals surface area contributed by atoms with E-state index >= 15 is 0 Å². The van der Waals surface area contributed by atoms with Crippen LogP contribution in [0.25, 0.3) is 0 Å². The lowest BCUT2D eigenvalue weighted by molar-refractivity contribution is -0.196. The van der Waals surface area contributed by atoms with Crippen molar-refractivity contribution in [1.82, 2.24) is 15.7 Å². The first-order valence-corrected chi connectivity index (χ1v) is 9.33. The summed E-state index contributed by atoms with van der Waals surface area (Å²) in [7, 11) is 0. The van der Waals surface area contributed by atoms with E-state index in [9.17, 15) is 24.0 Å². The summed E-state index contributed by atoms with van der Waals surface area (Å²) in [5.41, 5.74) is 1.10. The zero-order valence-electron chi connectivity index (χ0n) is 14.4. The van der Waals surface area contributed by atoms with Crippen molar-refractivity contribution in [3.05, 3.63) is 35.9 Å². The van der Waals surface area contributed by atoms with Crippen molar-refractivity contribution in [1.29, 1.82) is 0 Å². The first kappa shape index (κ1) is 20.4. The number of hydroxylamine groups is 2.